The Kier molecular flexibility index (Phi) is 6.50. The molecule has 3 heterocycles. The molecule has 0 bridgehead atoms. The zero-order valence-electron chi connectivity index (χ0n) is 17.7. The summed E-state index contributed by atoms with van der Waals surface area (Å²) in [5.41, 5.74) is 2.92. The van der Waals surface area contributed by atoms with Gasteiger partial charge in [0, 0.05) is 23.1 Å². The van der Waals surface area contributed by atoms with Crippen molar-refractivity contribution in [1.82, 2.24) is 20.3 Å². The van der Waals surface area contributed by atoms with Crippen molar-refractivity contribution in [2.24, 2.45) is 0 Å². The van der Waals surface area contributed by atoms with Crippen molar-refractivity contribution in [2.75, 3.05) is 7.11 Å². The van der Waals surface area contributed by atoms with E-state index in [0.717, 1.165) is 28.3 Å². The van der Waals surface area contributed by atoms with E-state index in [2.05, 4.69) is 20.3 Å². The van der Waals surface area contributed by atoms with Gasteiger partial charge in [0.15, 0.2) is 6.61 Å². The van der Waals surface area contributed by atoms with Crippen molar-refractivity contribution < 1.29 is 23.3 Å². The molecule has 0 N–H and O–H groups in total. The molecule has 0 aliphatic heterocycles. The molecule has 1 aromatic carbocycles. The van der Waals surface area contributed by atoms with E-state index in [1.807, 2.05) is 26.0 Å². The Morgan fingerprint density at radius 3 is 2.62 bits per heavy atom. The summed E-state index contributed by atoms with van der Waals surface area (Å²) in [7, 11) is 1.60. The molecule has 32 heavy (non-hydrogen) atoms. The summed E-state index contributed by atoms with van der Waals surface area (Å²) in [4.78, 5) is 21.3. The Bertz CT molecular complexity index is 1200. The minimum Gasteiger partial charge on any atom is -0.497 e. The Morgan fingerprint density at radius 2 is 1.91 bits per heavy atom. The van der Waals surface area contributed by atoms with Crippen molar-refractivity contribution in [3.63, 3.8) is 0 Å². The highest BCUT2D eigenvalue weighted by Crippen LogP contribution is 2.28. The molecule has 164 valence electrons. The molecule has 10 heteroatoms. The average molecular weight is 452 g/mol. The number of carbonyl (C=O) groups is 1. The number of thioether (sulfide) groups is 1. The number of aromatic nitrogens is 4. The predicted octanol–water partition coefficient (Wildman–Crippen LogP) is 4.39. The Morgan fingerprint density at radius 1 is 1.09 bits per heavy atom. The Labute approximate surface area is 188 Å². The molecule has 0 fully saturated rings. The zero-order chi connectivity index (χ0) is 22.5. The minimum atomic E-state index is -0.524. The summed E-state index contributed by atoms with van der Waals surface area (Å²) < 4.78 is 20.9. The van der Waals surface area contributed by atoms with Gasteiger partial charge in [0.2, 0.25) is 5.82 Å². The predicted molar refractivity (Wildman–Crippen MR) is 115 cm³/mol. The molecule has 0 aliphatic carbocycles. The first-order valence-corrected chi connectivity index (χ1v) is 10.7. The Hall–Kier alpha value is -3.66. The van der Waals surface area contributed by atoms with Crippen molar-refractivity contribution in [1.29, 1.82) is 0 Å². The third-order valence-corrected chi connectivity index (χ3v) is 5.70. The lowest BCUT2D eigenvalue weighted by atomic mass is 10.2. The number of esters is 1. The van der Waals surface area contributed by atoms with Gasteiger partial charge < -0.3 is 18.5 Å². The van der Waals surface area contributed by atoms with E-state index in [0.29, 0.717) is 22.2 Å². The second-order valence-corrected chi connectivity index (χ2v) is 7.73. The smallest absolute Gasteiger partial charge is 0.341 e. The van der Waals surface area contributed by atoms with Crippen LogP contribution in [-0.2, 0) is 17.1 Å². The van der Waals surface area contributed by atoms with E-state index in [1.165, 1.54) is 11.8 Å². The summed E-state index contributed by atoms with van der Waals surface area (Å²) in [5.74, 6) is 2.12. The molecule has 0 aliphatic rings. The minimum absolute atomic E-state index is 0.148. The largest absolute Gasteiger partial charge is 0.497 e. The number of rotatable bonds is 8. The van der Waals surface area contributed by atoms with Gasteiger partial charge in [-0.25, -0.2) is 9.78 Å². The molecule has 0 atom stereocenters. The molecule has 0 saturated heterocycles. The van der Waals surface area contributed by atoms with Crippen LogP contribution in [0.4, 0.5) is 0 Å². The second kappa shape index (κ2) is 9.65. The van der Waals surface area contributed by atoms with Gasteiger partial charge in [-0.2, -0.15) is 4.98 Å². The maximum atomic E-state index is 12.7. The highest BCUT2D eigenvalue weighted by Gasteiger charge is 2.18. The van der Waals surface area contributed by atoms with Crippen LogP contribution in [0.3, 0.4) is 0 Å². The van der Waals surface area contributed by atoms with Gasteiger partial charge >= 0.3 is 5.97 Å². The van der Waals surface area contributed by atoms with Gasteiger partial charge in [0.1, 0.15) is 16.5 Å². The van der Waals surface area contributed by atoms with Gasteiger partial charge in [-0.3, -0.25) is 0 Å². The molecule has 3 aromatic heterocycles. The number of carbonyl (C=O) groups excluding carboxylic acids is 1. The van der Waals surface area contributed by atoms with E-state index in [-0.39, 0.29) is 12.5 Å². The molecule has 0 spiro atoms. The van der Waals surface area contributed by atoms with Crippen molar-refractivity contribution in [2.45, 2.75) is 31.2 Å². The van der Waals surface area contributed by atoms with Crippen LogP contribution < -0.4 is 4.74 Å². The van der Waals surface area contributed by atoms with Crippen molar-refractivity contribution in [3.8, 4) is 17.1 Å². The fourth-order valence-corrected chi connectivity index (χ4v) is 4.02. The Balaban J connectivity index is 1.40. The van der Waals surface area contributed by atoms with E-state index in [9.17, 15) is 4.79 Å². The molecular formula is C22H20N4O5S. The first-order chi connectivity index (χ1) is 15.5. The third kappa shape index (κ3) is 4.80. The maximum absolute atomic E-state index is 12.7. The van der Waals surface area contributed by atoms with Crippen LogP contribution >= 0.6 is 11.8 Å². The van der Waals surface area contributed by atoms with Crippen LogP contribution in [0.25, 0.3) is 11.4 Å². The zero-order valence-corrected chi connectivity index (χ0v) is 18.5. The van der Waals surface area contributed by atoms with Gasteiger partial charge in [0.05, 0.1) is 18.4 Å². The molecule has 0 unspecified atom stereocenters. The number of benzene rings is 1. The third-order valence-electron chi connectivity index (χ3n) is 4.67. The van der Waals surface area contributed by atoms with E-state index < -0.39 is 5.97 Å². The lowest BCUT2D eigenvalue weighted by molar-refractivity contribution is 0.0424. The van der Waals surface area contributed by atoms with Crippen LogP contribution in [0.15, 0.2) is 56.7 Å². The van der Waals surface area contributed by atoms with Gasteiger partial charge in [-0.15, -0.1) is 11.8 Å². The number of hydrogen-bond donors (Lipinski definition) is 0. The summed E-state index contributed by atoms with van der Waals surface area (Å²) in [6.07, 6.45) is 1.63. The van der Waals surface area contributed by atoms with Crippen molar-refractivity contribution in [3.05, 3.63) is 71.1 Å². The summed E-state index contributed by atoms with van der Waals surface area (Å²) in [6.45, 7) is 3.59. The average Bonchev–Trinajstić information content (AvgIpc) is 3.43. The van der Waals surface area contributed by atoms with Crippen LogP contribution in [0.2, 0.25) is 0 Å². The number of pyridine rings is 1. The summed E-state index contributed by atoms with van der Waals surface area (Å²) in [6, 6.07) is 10.6. The number of aryl methyl sites for hydroxylation is 2. The van der Waals surface area contributed by atoms with E-state index in [1.54, 1.807) is 37.6 Å². The number of hydrogen-bond acceptors (Lipinski definition) is 10. The highest BCUT2D eigenvalue weighted by atomic mass is 32.2. The normalized spacial score (nSPS) is 10.8. The monoisotopic (exact) mass is 452 g/mol. The van der Waals surface area contributed by atoms with E-state index in [4.69, 9.17) is 18.5 Å². The summed E-state index contributed by atoms with van der Waals surface area (Å²) >= 11 is 1.41. The number of ether oxygens (including phenoxy) is 2. The van der Waals surface area contributed by atoms with Crippen molar-refractivity contribution >= 4 is 17.7 Å². The topological polar surface area (TPSA) is 113 Å². The maximum Gasteiger partial charge on any atom is 0.341 e. The lowest BCUT2D eigenvalue weighted by Gasteiger charge is -2.07. The SMILES string of the molecule is COc1ccc(-c2noc(COC(=O)c3cccnc3SCc3c(C)noc3C)n2)cc1. The quantitative estimate of drug-likeness (QED) is 0.281. The molecule has 4 aromatic rings. The second-order valence-electron chi connectivity index (χ2n) is 6.76. The number of nitrogens with zero attached hydrogens (tertiary/aromatic N) is 4. The van der Waals surface area contributed by atoms with Crippen LogP contribution in [-0.4, -0.2) is 33.4 Å². The molecule has 0 amide bonds. The fraction of sp³-hybridized carbons (Fsp3) is 0.227. The van der Waals surface area contributed by atoms with Crippen LogP contribution in [0.5, 0.6) is 5.75 Å². The fourth-order valence-electron chi connectivity index (χ4n) is 2.89. The van der Waals surface area contributed by atoms with Crippen LogP contribution in [0, 0.1) is 13.8 Å². The lowest BCUT2D eigenvalue weighted by Crippen LogP contribution is -2.08. The standard InChI is InChI=1S/C22H20N4O5S/c1-13-18(14(2)30-25-13)12-32-21-17(5-4-10-23-21)22(27)29-11-19-24-20(26-31-19)15-6-8-16(28-3)9-7-15/h4-10H,11-12H2,1-3H3. The first-order valence-electron chi connectivity index (χ1n) is 9.69. The van der Waals surface area contributed by atoms with Gasteiger partial charge in [-0.05, 0) is 50.2 Å². The number of methoxy groups -OCH3 is 1. The molecule has 0 radical (unpaired) electrons. The first kappa shape index (κ1) is 21.6. The van der Waals surface area contributed by atoms with Gasteiger partial charge in [0.25, 0.3) is 5.89 Å². The highest BCUT2D eigenvalue weighted by molar-refractivity contribution is 7.98. The molecule has 4 rings (SSSR count). The van der Waals surface area contributed by atoms with Crippen LogP contribution in [0.1, 0.15) is 33.3 Å². The summed E-state index contributed by atoms with van der Waals surface area (Å²) in [5, 5.41) is 8.44. The van der Waals surface area contributed by atoms with E-state index >= 15 is 0 Å². The van der Waals surface area contributed by atoms with Gasteiger partial charge in [-0.1, -0.05) is 10.3 Å². The molecule has 0 saturated carbocycles. The molecular weight excluding hydrogens is 432 g/mol. The molecule has 9 nitrogen and oxygen atoms in total.